The van der Waals surface area contributed by atoms with Crippen molar-refractivity contribution < 1.29 is 13.6 Å². The number of fused-ring (bicyclic) bond motifs is 1. The second kappa shape index (κ2) is 5.58. The van der Waals surface area contributed by atoms with Gasteiger partial charge in [0.25, 0.3) is 0 Å². The molecule has 2 atom stereocenters. The largest absolute Gasteiger partial charge is 0.398 e. The lowest BCUT2D eigenvalue weighted by Crippen LogP contribution is -2.37. The van der Waals surface area contributed by atoms with Crippen LogP contribution in [0.3, 0.4) is 0 Å². The third kappa shape index (κ3) is 2.44. The lowest BCUT2D eigenvalue weighted by molar-refractivity contribution is -0.120. The quantitative estimate of drug-likeness (QED) is 0.856. The van der Waals surface area contributed by atoms with Crippen LogP contribution in [0.15, 0.2) is 36.4 Å². The SMILES string of the molecule is Nc1cccc2c1CCCN2C(=O)C1CC1c1ccc(F)cc1F. The van der Waals surface area contributed by atoms with Crippen LogP contribution in [0.25, 0.3) is 0 Å². The van der Waals surface area contributed by atoms with E-state index in [1.165, 1.54) is 12.1 Å². The molecule has 0 radical (unpaired) electrons. The van der Waals surface area contributed by atoms with Crippen LogP contribution in [0, 0.1) is 17.6 Å². The predicted octanol–water partition coefficient (Wildman–Crippen LogP) is 3.63. The van der Waals surface area contributed by atoms with Crippen LogP contribution in [0.1, 0.15) is 29.9 Å². The van der Waals surface area contributed by atoms with Gasteiger partial charge in [-0.25, -0.2) is 8.78 Å². The summed E-state index contributed by atoms with van der Waals surface area (Å²) in [5.41, 5.74) is 9.05. The number of carbonyl (C=O) groups excluding carboxylic acids is 1. The van der Waals surface area contributed by atoms with E-state index in [9.17, 15) is 13.6 Å². The van der Waals surface area contributed by atoms with Gasteiger partial charge in [0.05, 0.1) is 0 Å². The number of carbonyl (C=O) groups is 1. The zero-order valence-electron chi connectivity index (χ0n) is 13.1. The fourth-order valence-corrected chi connectivity index (χ4v) is 3.69. The van der Waals surface area contributed by atoms with Crippen molar-refractivity contribution in [2.45, 2.75) is 25.2 Å². The van der Waals surface area contributed by atoms with E-state index in [0.29, 0.717) is 24.2 Å². The number of hydrogen-bond donors (Lipinski definition) is 1. The molecule has 1 fully saturated rings. The molecular weight excluding hydrogens is 310 g/mol. The van der Waals surface area contributed by atoms with Gasteiger partial charge >= 0.3 is 0 Å². The molecule has 1 aliphatic carbocycles. The summed E-state index contributed by atoms with van der Waals surface area (Å²) in [6.45, 7) is 0.657. The number of hydrogen-bond acceptors (Lipinski definition) is 2. The molecule has 2 unspecified atom stereocenters. The normalized spacial score (nSPS) is 22.2. The molecule has 5 heteroatoms. The molecule has 1 aliphatic heterocycles. The molecule has 1 heterocycles. The summed E-state index contributed by atoms with van der Waals surface area (Å²) in [4.78, 5) is 14.7. The van der Waals surface area contributed by atoms with Crippen LogP contribution >= 0.6 is 0 Å². The van der Waals surface area contributed by atoms with E-state index < -0.39 is 11.6 Å². The average molecular weight is 328 g/mol. The molecule has 124 valence electrons. The number of nitrogens with two attached hydrogens (primary N) is 1. The van der Waals surface area contributed by atoms with Gasteiger partial charge in [0, 0.05) is 29.9 Å². The van der Waals surface area contributed by atoms with Crippen molar-refractivity contribution in [2.24, 2.45) is 5.92 Å². The molecule has 0 saturated heterocycles. The Hall–Kier alpha value is -2.43. The molecule has 2 aromatic rings. The van der Waals surface area contributed by atoms with E-state index in [0.717, 1.165) is 30.2 Å². The summed E-state index contributed by atoms with van der Waals surface area (Å²) in [5, 5.41) is 0. The first kappa shape index (κ1) is 15.1. The third-order valence-corrected chi connectivity index (χ3v) is 5.02. The lowest BCUT2D eigenvalue weighted by Gasteiger charge is -2.30. The fourth-order valence-electron chi connectivity index (χ4n) is 3.69. The van der Waals surface area contributed by atoms with Gasteiger partial charge in [-0.1, -0.05) is 12.1 Å². The predicted molar refractivity (Wildman–Crippen MR) is 88.7 cm³/mol. The Morgan fingerprint density at radius 3 is 2.83 bits per heavy atom. The molecular formula is C19H18F2N2O. The highest BCUT2D eigenvalue weighted by Gasteiger charge is 2.47. The van der Waals surface area contributed by atoms with Gasteiger partial charge in [-0.2, -0.15) is 0 Å². The minimum Gasteiger partial charge on any atom is -0.398 e. The van der Waals surface area contributed by atoms with Crippen molar-refractivity contribution in [2.75, 3.05) is 17.2 Å². The summed E-state index contributed by atoms with van der Waals surface area (Å²) in [6.07, 6.45) is 2.34. The molecule has 2 N–H and O–H groups in total. The van der Waals surface area contributed by atoms with Gasteiger partial charge in [0.1, 0.15) is 11.6 Å². The molecule has 1 saturated carbocycles. The van der Waals surface area contributed by atoms with Crippen LogP contribution in [0.4, 0.5) is 20.2 Å². The number of benzene rings is 2. The molecule has 3 nitrogen and oxygen atoms in total. The van der Waals surface area contributed by atoms with Crippen molar-refractivity contribution in [3.63, 3.8) is 0 Å². The Morgan fingerprint density at radius 2 is 2.04 bits per heavy atom. The number of anilines is 2. The van der Waals surface area contributed by atoms with E-state index in [-0.39, 0.29) is 17.7 Å². The Labute approximate surface area is 139 Å². The van der Waals surface area contributed by atoms with Gasteiger partial charge in [0.15, 0.2) is 0 Å². The van der Waals surface area contributed by atoms with Crippen molar-refractivity contribution in [3.8, 4) is 0 Å². The van der Waals surface area contributed by atoms with E-state index in [2.05, 4.69) is 0 Å². The number of nitrogens with zero attached hydrogens (tertiary/aromatic N) is 1. The molecule has 1 amide bonds. The van der Waals surface area contributed by atoms with Crippen LogP contribution in [0.5, 0.6) is 0 Å². The molecule has 24 heavy (non-hydrogen) atoms. The van der Waals surface area contributed by atoms with Gasteiger partial charge in [-0.05, 0) is 54.5 Å². The highest BCUT2D eigenvalue weighted by atomic mass is 19.1. The lowest BCUT2D eigenvalue weighted by atomic mass is 9.99. The molecule has 2 aliphatic rings. The minimum atomic E-state index is -0.597. The third-order valence-electron chi connectivity index (χ3n) is 5.02. The van der Waals surface area contributed by atoms with Crippen molar-refractivity contribution >= 4 is 17.3 Å². The summed E-state index contributed by atoms with van der Waals surface area (Å²) in [6, 6.07) is 9.19. The van der Waals surface area contributed by atoms with E-state index in [4.69, 9.17) is 5.73 Å². The average Bonchev–Trinajstić information content (AvgIpc) is 3.34. The van der Waals surface area contributed by atoms with Gasteiger partial charge in [-0.3, -0.25) is 4.79 Å². The molecule has 0 bridgehead atoms. The first-order valence-electron chi connectivity index (χ1n) is 8.20. The number of nitrogen functional groups attached to an aromatic ring is 1. The van der Waals surface area contributed by atoms with Crippen molar-refractivity contribution in [1.29, 1.82) is 0 Å². The summed E-state index contributed by atoms with van der Waals surface area (Å²) in [7, 11) is 0. The highest BCUT2D eigenvalue weighted by molar-refractivity contribution is 5.99. The maximum absolute atomic E-state index is 13.9. The summed E-state index contributed by atoms with van der Waals surface area (Å²) >= 11 is 0. The topological polar surface area (TPSA) is 46.3 Å². The van der Waals surface area contributed by atoms with Crippen LogP contribution in [-0.2, 0) is 11.2 Å². The number of halogens is 2. The number of amides is 1. The van der Waals surface area contributed by atoms with Gasteiger partial charge < -0.3 is 10.6 Å². The Bertz CT molecular complexity index is 821. The van der Waals surface area contributed by atoms with Gasteiger partial charge in [0.2, 0.25) is 5.91 Å². The molecule has 2 aromatic carbocycles. The van der Waals surface area contributed by atoms with E-state index in [1.807, 2.05) is 18.2 Å². The fraction of sp³-hybridized carbons (Fsp3) is 0.316. The van der Waals surface area contributed by atoms with Crippen LogP contribution in [-0.4, -0.2) is 12.5 Å². The van der Waals surface area contributed by atoms with E-state index >= 15 is 0 Å². The Kier molecular flexibility index (Phi) is 3.52. The number of rotatable bonds is 2. The zero-order valence-corrected chi connectivity index (χ0v) is 13.1. The highest BCUT2D eigenvalue weighted by Crippen LogP contribution is 2.50. The summed E-state index contributed by atoms with van der Waals surface area (Å²) in [5.74, 6) is -1.56. The van der Waals surface area contributed by atoms with E-state index in [1.54, 1.807) is 4.90 Å². The standard InChI is InChI=1S/C19H18F2N2O/c20-11-6-7-12(16(21)9-11)14-10-15(14)19(24)23-8-2-3-13-17(22)4-1-5-18(13)23/h1,4-7,9,14-15H,2-3,8,10,22H2. The van der Waals surface area contributed by atoms with Crippen molar-refractivity contribution in [1.82, 2.24) is 0 Å². The Balaban J connectivity index is 1.58. The molecule has 0 spiro atoms. The van der Waals surface area contributed by atoms with Gasteiger partial charge in [-0.15, -0.1) is 0 Å². The monoisotopic (exact) mass is 328 g/mol. The van der Waals surface area contributed by atoms with Crippen molar-refractivity contribution in [3.05, 3.63) is 59.2 Å². The zero-order chi connectivity index (χ0) is 16.8. The van der Waals surface area contributed by atoms with Crippen LogP contribution < -0.4 is 10.6 Å². The summed E-state index contributed by atoms with van der Waals surface area (Å²) < 4.78 is 27.0. The van der Waals surface area contributed by atoms with Crippen LogP contribution in [0.2, 0.25) is 0 Å². The maximum Gasteiger partial charge on any atom is 0.230 e. The maximum atomic E-state index is 13.9. The minimum absolute atomic E-state index is 0.00951. The second-order valence-electron chi connectivity index (χ2n) is 6.55. The smallest absolute Gasteiger partial charge is 0.230 e. The first-order valence-corrected chi connectivity index (χ1v) is 8.20. The molecule has 4 rings (SSSR count). The second-order valence-corrected chi connectivity index (χ2v) is 6.55. The Morgan fingerprint density at radius 1 is 1.21 bits per heavy atom. The first-order chi connectivity index (χ1) is 11.6. The molecule has 0 aromatic heterocycles.